The zero-order valence-corrected chi connectivity index (χ0v) is 7.61. The number of fused-ring (bicyclic) bond motifs is 1. The molecule has 0 aliphatic carbocycles. The smallest absolute Gasteiger partial charge is 0.197 e. The number of hydrogen-bond donors (Lipinski definition) is 1. The Labute approximate surface area is 76.0 Å². The van der Waals surface area contributed by atoms with Crippen molar-refractivity contribution in [2.75, 3.05) is 0 Å². The largest absolute Gasteiger partial charge is 0.758 e. The van der Waals surface area contributed by atoms with Gasteiger partial charge in [0.1, 0.15) is 0 Å². The van der Waals surface area contributed by atoms with E-state index in [1.807, 2.05) is 0 Å². The van der Waals surface area contributed by atoms with Crippen molar-refractivity contribution >= 4 is 39.7 Å². The van der Waals surface area contributed by atoms with Crippen LogP contribution in [-0.4, -0.2) is 19.9 Å². The van der Waals surface area contributed by atoms with E-state index >= 15 is 0 Å². The Bertz CT molecular complexity index is 398. The van der Waals surface area contributed by atoms with Crippen molar-refractivity contribution in [2.45, 2.75) is 5.03 Å². The second-order valence-electron chi connectivity index (χ2n) is 1.90. The molecule has 0 unspecified atom stereocenters. The van der Waals surface area contributed by atoms with Gasteiger partial charge in [-0.3, -0.25) is 0 Å². The molecule has 11 heavy (non-hydrogen) atoms. The maximum absolute atomic E-state index is 4.94. The maximum atomic E-state index is 4.94. The molecule has 56 valence electrons. The minimum Gasteiger partial charge on any atom is -0.758 e. The van der Waals surface area contributed by atoms with Gasteiger partial charge in [0.25, 0.3) is 0 Å². The van der Waals surface area contributed by atoms with Crippen LogP contribution in [0.4, 0.5) is 0 Å². The van der Waals surface area contributed by atoms with Crippen LogP contribution in [0.1, 0.15) is 0 Å². The van der Waals surface area contributed by atoms with Crippen LogP contribution in [0.15, 0.2) is 16.1 Å². The zero-order valence-electron chi connectivity index (χ0n) is 5.21. The molecule has 1 N–H and O–H groups in total. The number of hydrogen-bond acceptors (Lipinski definition) is 4. The highest BCUT2D eigenvalue weighted by molar-refractivity contribution is 9.10. The number of aromatic amines is 1. The van der Waals surface area contributed by atoms with E-state index in [0.29, 0.717) is 20.9 Å². The normalized spacial score (nSPS) is 10.6. The Morgan fingerprint density at radius 2 is 2.27 bits per heavy atom. The summed E-state index contributed by atoms with van der Waals surface area (Å²) < 4.78 is 0.474. The molecule has 2 aromatic heterocycles. The first-order valence-corrected chi connectivity index (χ1v) is 4.01. The second-order valence-corrected chi connectivity index (χ2v) is 2.99. The number of H-pyrrole nitrogens is 1. The van der Waals surface area contributed by atoms with Crippen LogP contribution in [0.2, 0.25) is 0 Å². The predicted molar refractivity (Wildman–Crippen MR) is 45.0 cm³/mol. The fourth-order valence-electron chi connectivity index (χ4n) is 0.781. The van der Waals surface area contributed by atoms with Gasteiger partial charge in [-0.25, -0.2) is 15.0 Å². The molecular formula is C5H2BrN4S-. The number of nitrogens with one attached hydrogen (secondary N) is 1. The zero-order chi connectivity index (χ0) is 7.84. The third-order valence-corrected chi connectivity index (χ3v) is 1.88. The lowest BCUT2D eigenvalue weighted by molar-refractivity contribution is 1.05. The van der Waals surface area contributed by atoms with Gasteiger partial charge in [0.05, 0.1) is 11.8 Å². The average molecular weight is 230 g/mol. The summed E-state index contributed by atoms with van der Waals surface area (Å²) in [6.07, 6.45) is 1.54. The number of rotatable bonds is 0. The molecule has 0 saturated heterocycles. The van der Waals surface area contributed by atoms with Crippen LogP contribution in [0.25, 0.3) is 11.2 Å². The summed E-state index contributed by atoms with van der Waals surface area (Å²) in [6.45, 7) is 0. The van der Waals surface area contributed by atoms with Crippen LogP contribution < -0.4 is 0 Å². The van der Waals surface area contributed by atoms with Crippen LogP contribution in [0, 0.1) is 0 Å². The fourth-order valence-corrected chi connectivity index (χ4v) is 1.48. The van der Waals surface area contributed by atoms with Crippen molar-refractivity contribution in [3.63, 3.8) is 0 Å². The summed E-state index contributed by atoms with van der Waals surface area (Å²) >= 11 is 8.07. The van der Waals surface area contributed by atoms with Crippen molar-refractivity contribution in [1.82, 2.24) is 19.9 Å². The Morgan fingerprint density at radius 3 is 3.09 bits per heavy atom. The summed E-state index contributed by atoms with van der Waals surface area (Å²) in [5.41, 5.74) is 1.31. The summed E-state index contributed by atoms with van der Waals surface area (Å²) in [7, 11) is 0. The molecule has 0 aliphatic rings. The molecule has 2 rings (SSSR count). The van der Waals surface area contributed by atoms with Crippen molar-refractivity contribution in [3.05, 3.63) is 11.1 Å². The predicted octanol–water partition coefficient (Wildman–Crippen LogP) is 1.02. The summed E-state index contributed by atoms with van der Waals surface area (Å²) in [5, 5.41) is 0.486. The van der Waals surface area contributed by atoms with Crippen molar-refractivity contribution in [1.29, 1.82) is 0 Å². The highest BCUT2D eigenvalue weighted by atomic mass is 79.9. The third kappa shape index (κ3) is 1.08. The Balaban J connectivity index is 2.91. The van der Waals surface area contributed by atoms with Gasteiger partial charge in [-0.1, -0.05) is 5.03 Å². The van der Waals surface area contributed by atoms with Gasteiger partial charge in [0, 0.05) is 0 Å². The molecule has 0 bridgehead atoms. The molecule has 0 aliphatic heterocycles. The van der Waals surface area contributed by atoms with E-state index < -0.39 is 0 Å². The van der Waals surface area contributed by atoms with Gasteiger partial charge in [-0.05, 0) is 15.9 Å². The standard InChI is InChI=1S/C5H3BrN4S/c6-5-9-3-2(4(11)10-5)7-1-8-3/h1H,(H2,7,8,9,10,11)/p-1. The Hall–Kier alpha value is -0.750. The molecule has 0 atom stereocenters. The van der Waals surface area contributed by atoms with Gasteiger partial charge >= 0.3 is 0 Å². The van der Waals surface area contributed by atoms with Crippen LogP contribution >= 0.6 is 15.9 Å². The number of imidazole rings is 1. The van der Waals surface area contributed by atoms with Gasteiger partial charge in [-0.15, -0.1) is 0 Å². The van der Waals surface area contributed by atoms with Crippen LogP contribution in [0.3, 0.4) is 0 Å². The molecule has 0 amide bonds. The topological polar surface area (TPSA) is 54.5 Å². The minimum absolute atomic E-state index is 0.474. The molecule has 2 heterocycles. The number of nitrogens with zero attached hydrogens (tertiary/aromatic N) is 3. The highest BCUT2D eigenvalue weighted by Crippen LogP contribution is 2.12. The summed E-state index contributed by atoms with van der Waals surface area (Å²) in [5.74, 6) is 0. The fraction of sp³-hybridized carbons (Fsp3) is 0. The number of halogens is 1. The van der Waals surface area contributed by atoms with E-state index in [2.05, 4.69) is 35.9 Å². The van der Waals surface area contributed by atoms with Gasteiger partial charge in [-0.2, -0.15) is 0 Å². The molecular weight excluding hydrogens is 228 g/mol. The first-order valence-electron chi connectivity index (χ1n) is 2.81. The van der Waals surface area contributed by atoms with E-state index in [1.165, 1.54) is 0 Å². The summed E-state index contributed by atoms with van der Waals surface area (Å²) in [6, 6.07) is 0. The lowest BCUT2D eigenvalue weighted by Crippen LogP contribution is -1.88. The highest BCUT2D eigenvalue weighted by Gasteiger charge is 1.98. The van der Waals surface area contributed by atoms with Crippen LogP contribution in [-0.2, 0) is 12.6 Å². The molecule has 0 fully saturated rings. The molecule has 0 saturated carbocycles. The summed E-state index contributed by atoms with van der Waals surface area (Å²) in [4.78, 5) is 14.7. The van der Waals surface area contributed by atoms with Crippen molar-refractivity contribution in [3.8, 4) is 0 Å². The van der Waals surface area contributed by atoms with E-state index in [9.17, 15) is 0 Å². The minimum atomic E-state index is 0.474. The SMILES string of the molecule is [S-]c1nc(Br)nc2nc[nH]c12. The van der Waals surface area contributed by atoms with Gasteiger partial charge in [0.2, 0.25) is 0 Å². The third-order valence-electron chi connectivity index (χ3n) is 1.23. The second kappa shape index (κ2) is 2.38. The Kier molecular flexibility index (Phi) is 1.50. The van der Waals surface area contributed by atoms with E-state index in [1.54, 1.807) is 6.33 Å². The van der Waals surface area contributed by atoms with Crippen molar-refractivity contribution in [2.24, 2.45) is 0 Å². The van der Waals surface area contributed by atoms with E-state index in [4.69, 9.17) is 12.6 Å². The maximum Gasteiger partial charge on any atom is 0.197 e. The molecule has 0 radical (unpaired) electrons. The van der Waals surface area contributed by atoms with Gasteiger partial charge in [0.15, 0.2) is 10.4 Å². The first kappa shape index (κ1) is 6.93. The van der Waals surface area contributed by atoms with E-state index in [-0.39, 0.29) is 0 Å². The monoisotopic (exact) mass is 229 g/mol. The number of aromatic nitrogens is 4. The molecule has 0 aromatic carbocycles. The quantitative estimate of drug-likeness (QED) is 0.417. The Morgan fingerprint density at radius 1 is 1.45 bits per heavy atom. The molecule has 4 nitrogen and oxygen atoms in total. The first-order chi connectivity index (χ1) is 5.27. The average Bonchev–Trinajstić information content (AvgIpc) is 2.34. The lowest BCUT2D eigenvalue weighted by atomic mass is 10.6. The van der Waals surface area contributed by atoms with E-state index in [0.717, 1.165) is 0 Å². The lowest BCUT2D eigenvalue weighted by Gasteiger charge is -2.03. The van der Waals surface area contributed by atoms with Crippen LogP contribution in [0.5, 0.6) is 0 Å². The molecule has 2 aromatic rings. The molecule has 6 heteroatoms. The van der Waals surface area contributed by atoms with Gasteiger partial charge < -0.3 is 17.6 Å². The molecule has 0 spiro atoms. The van der Waals surface area contributed by atoms with Crippen molar-refractivity contribution < 1.29 is 0 Å².